The minimum atomic E-state index is -4.90. The molecule has 0 aliphatic carbocycles. The number of ether oxygens (including phenoxy) is 1. The molecule has 0 aliphatic heterocycles. The highest BCUT2D eigenvalue weighted by Crippen LogP contribution is 2.37. The number of hydrogen-bond donors (Lipinski definition) is 3. The first-order chi connectivity index (χ1) is 22.3. The van der Waals surface area contributed by atoms with Gasteiger partial charge in [-0.05, 0) is 75.6 Å². The topological polar surface area (TPSA) is 108 Å². The van der Waals surface area contributed by atoms with E-state index >= 15 is 0 Å². The Bertz CT molecular complexity index is 1800. The number of amides is 2. The van der Waals surface area contributed by atoms with E-state index in [0.717, 1.165) is 12.1 Å². The van der Waals surface area contributed by atoms with E-state index in [4.69, 9.17) is 0 Å². The molecule has 1 heterocycles. The maximum Gasteiger partial charge on any atom is 0.573 e. The van der Waals surface area contributed by atoms with Crippen molar-refractivity contribution < 1.29 is 40.3 Å². The minimum absolute atomic E-state index is 0.0625. The number of rotatable bonds is 10. The van der Waals surface area contributed by atoms with Gasteiger partial charge in [-0.25, -0.2) is 14.3 Å². The molecule has 1 aromatic heterocycles. The quantitative estimate of drug-likeness (QED) is 0.131. The third-order valence-corrected chi connectivity index (χ3v) is 6.72. The Balaban J connectivity index is 1.51. The second-order valence-corrected chi connectivity index (χ2v) is 10.1. The van der Waals surface area contributed by atoms with Gasteiger partial charge in [-0.3, -0.25) is 0 Å². The Labute approximate surface area is 262 Å². The molecule has 0 atom stereocenters. The molecule has 0 fully saturated rings. The molecule has 0 spiro atoms. The van der Waals surface area contributed by atoms with Crippen LogP contribution in [0.2, 0.25) is 0 Å². The Morgan fingerprint density at radius 2 is 1.55 bits per heavy atom. The maximum atomic E-state index is 13.6. The number of tetrazole rings is 1. The van der Waals surface area contributed by atoms with Crippen LogP contribution in [-0.2, 0) is 6.54 Å². The van der Waals surface area contributed by atoms with Crippen molar-refractivity contribution >= 4 is 23.1 Å². The third kappa shape index (κ3) is 9.18. The van der Waals surface area contributed by atoms with Crippen LogP contribution in [-0.4, -0.2) is 45.7 Å². The van der Waals surface area contributed by atoms with E-state index in [-0.39, 0.29) is 23.6 Å². The lowest BCUT2D eigenvalue weighted by Gasteiger charge is -2.28. The molecule has 0 saturated heterocycles. The van der Waals surface area contributed by atoms with Gasteiger partial charge >= 0.3 is 18.6 Å². The van der Waals surface area contributed by atoms with E-state index in [1.807, 2.05) is 0 Å². The van der Waals surface area contributed by atoms with Crippen molar-refractivity contribution in [1.29, 1.82) is 0 Å². The summed E-state index contributed by atoms with van der Waals surface area (Å²) in [5.41, 5.74) is 2.71. The van der Waals surface area contributed by atoms with Crippen molar-refractivity contribution in [2.24, 2.45) is 0 Å². The van der Waals surface area contributed by atoms with Crippen LogP contribution in [0.1, 0.15) is 12.0 Å². The van der Waals surface area contributed by atoms with E-state index in [2.05, 4.69) is 36.0 Å². The lowest BCUT2D eigenvalue weighted by molar-refractivity contribution is -0.274. The fraction of sp³-hybridized carbons (Fsp3) is 0.161. The highest BCUT2D eigenvalue weighted by Gasteiger charge is 2.31. The number of nitrogens with one attached hydrogen (secondary N) is 3. The van der Waals surface area contributed by atoms with Crippen LogP contribution in [0.25, 0.3) is 22.5 Å². The predicted octanol–water partition coefficient (Wildman–Crippen LogP) is 8.17. The van der Waals surface area contributed by atoms with E-state index in [9.17, 15) is 35.5 Å². The molecular formula is C31H24F7N7O2. The Kier molecular flexibility index (Phi) is 9.58. The van der Waals surface area contributed by atoms with Crippen LogP contribution in [0, 0.1) is 5.82 Å². The van der Waals surface area contributed by atoms with Gasteiger partial charge in [0, 0.05) is 24.3 Å². The molecule has 5 rings (SSSR count). The van der Waals surface area contributed by atoms with Crippen LogP contribution in [0.15, 0.2) is 91.0 Å². The lowest BCUT2D eigenvalue weighted by atomic mass is 9.98. The molecule has 5 aromatic rings. The first kappa shape index (κ1) is 32.7. The summed E-state index contributed by atoms with van der Waals surface area (Å²) in [4.78, 5) is 14.6. The van der Waals surface area contributed by atoms with Gasteiger partial charge in [0.15, 0.2) is 5.82 Å². The number of aromatic amines is 1. The molecule has 47 heavy (non-hydrogen) atoms. The number of urea groups is 1. The number of halogens is 7. The summed E-state index contributed by atoms with van der Waals surface area (Å²) in [7, 11) is 0. The number of H-pyrrole nitrogens is 1. The summed E-state index contributed by atoms with van der Waals surface area (Å²) >= 11 is 0. The van der Waals surface area contributed by atoms with Crippen LogP contribution < -0.4 is 20.3 Å². The number of carbonyl (C=O) groups excluding carboxylic acids is 1. The summed E-state index contributed by atoms with van der Waals surface area (Å²) in [6.07, 6.45) is -10.6. The SMILES string of the molecule is O=C(Nc1ccc(OC(F)(F)F)cc1)Nc1cc(-c2ccccc2-c2nnn[nH]2)ccc1N(CCC(F)(F)F)Cc1ccc(F)cc1. The molecule has 0 bridgehead atoms. The van der Waals surface area contributed by atoms with Gasteiger partial charge in [-0.15, -0.1) is 18.3 Å². The average Bonchev–Trinajstić information content (AvgIpc) is 3.55. The second kappa shape index (κ2) is 13.8. The van der Waals surface area contributed by atoms with Crippen molar-refractivity contribution in [3.63, 3.8) is 0 Å². The summed E-state index contributed by atoms with van der Waals surface area (Å²) in [6, 6.07) is 20.6. The van der Waals surface area contributed by atoms with Gasteiger partial charge in [-0.2, -0.15) is 13.2 Å². The number of alkyl halides is 6. The number of aromatic nitrogens is 4. The molecule has 0 radical (unpaired) electrons. The summed E-state index contributed by atoms with van der Waals surface area (Å²) in [5, 5.41) is 19.0. The predicted molar refractivity (Wildman–Crippen MR) is 159 cm³/mol. The molecule has 16 heteroatoms. The van der Waals surface area contributed by atoms with Crippen molar-refractivity contribution in [2.75, 3.05) is 22.1 Å². The zero-order chi connectivity index (χ0) is 33.6. The minimum Gasteiger partial charge on any atom is -0.406 e. The van der Waals surface area contributed by atoms with Gasteiger partial charge in [-0.1, -0.05) is 42.5 Å². The average molecular weight is 660 g/mol. The first-order valence-electron chi connectivity index (χ1n) is 13.8. The molecule has 9 nitrogen and oxygen atoms in total. The first-order valence-corrected chi connectivity index (χ1v) is 13.8. The number of carbonyl (C=O) groups is 1. The third-order valence-electron chi connectivity index (χ3n) is 6.72. The Morgan fingerprint density at radius 1 is 0.851 bits per heavy atom. The molecule has 2 amide bonds. The van der Waals surface area contributed by atoms with Gasteiger partial charge in [0.1, 0.15) is 11.6 Å². The highest BCUT2D eigenvalue weighted by molar-refractivity contribution is 6.02. The van der Waals surface area contributed by atoms with Crippen LogP contribution in [0.4, 0.5) is 52.6 Å². The summed E-state index contributed by atoms with van der Waals surface area (Å²) < 4.78 is 95.3. The number of anilines is 3. The van der Waals surface area contributed by atoms with Crippen molar-refractivity contribution in [2.45, 2.75) is 25.5 Å². The van der Waals surface area contributed by atoms with Gasteiger partial charge in [0.05, 0.1) is 17.8 Å². The van der Waals surface area contributed by atoms with Crippen LogP contribution in [0.3, 0.4) is 0 Å². The van der Waals surface area contributed by atoms with Gasteiger partial charge < -0.3 is 20.3 Å². The summed E-state index contributed by atoms with van der Waals surface area (Å²) in [5.74, 6) is -0.671. The van der Waals surface area contributed by atoms with Crippen LogP contribution in [0.5, 0.6) is 5.75 Å². The smallest absolute Gasteiger partial charge is 0.406 e. The zero-order valence-electron chi connectivity index (χ0n) is 24.0. The van der Waals surface area contributed by atoms with Gasteiger partial charge in [0.2, 0.25) is 0 Å². The number of nitrogens with zero attached hydrogens (tertiary/aromatic N) is 4. The largest absolute Gasteiger partial charge is 0.573 e. The van der Waals surface area contributed by atoms with E-state index in [1.54, 1.807) is 42.5 Å². The molecule has 4 aromatic carbocycles. The van der Waals surface area contributed by atoms with Gasteiger partial charge in [0.25, 0.3) is 0 Å². The second-order valence-electron chi connectivity index (χ2n) is 10.1. The molecular weight excluding hydrogens is 635 g/mol. The highest BCUT2D eigenvalue weighted by atomic mass is 19.4. The molecule has 3 N–H and O–H groups in total. The number of hydrogen-bond acceptors (Lipinski definition) is 6. The van der Waals surface area contributed by atoms with Crippen molar-refractivity contribution in [3.05, 3.63) is 102 Å². The van der Waals surface area contributed by atoms with Crippen molar-refractivity contribution in [3.8, 4) is 28.3 Å². The maximum absolute atomic E-state index is 13.6. The number of benzene rings is 4. The molecule has 244 valence electrons. The standard InChI is InChI=1S/C31H24F7N7O2/c32-21-8-5-19(6-9-21)18-45(16-15-30(33,34)35)27-14-7-20(24-3-1-2-4-25(24)28-41-43-44-42-28)17-26(27)40-29(46)39-22-10-12-23(13-11-22)47-31(36,37)38/h1-14,17H,15-16,18H2,(H2,39,40,46)(H,41,42,43,44). The Morgan fingerprint density at radius 3 is 2.19 bits per heavy atom. The zero-order valence-corrected chi connectivity index (χ0v) is 24.0. The van der Waals surface area contributed by atoms with E-state index in [1.165, 1.54) is 41.3 Å². The lowest BCUT2D eigenvalue weighted by Crippen LogP contribution is -2.29. The monoisotopic (exact) mass is 659 g/mol. The van der Waals surface area contributed by atoms with E-state index in [0.29, 0.717) is 28.1 Å². The van der Waals surface area contributed by atoms with Crippen molar-refractivity contribution in [1.82, 2.24) is 20.6 Å². The molecule has 0 unspecified atom stereocenters. The molecule has 0 saturated carbocycles. The summed E-state index contributed by atoms with van der Waals surface area (Å²) in [6.45, 7) is -0.565. The normalized spacial score (nSPS) is 11.6. The fourth-order valence-electron chi connectivity index (χ4n) is 4.68. The van der Waals surface area contributed by atoms with E-state index < -0.39 is 43.1 Å². The van der Waals surface area contributed by atoms with Crippen LogP contribution >= 0.6 is 0 Å². The fourth-order valence-corrected chi connectivity index (χ4v) is 4.68. The molecule has 0 aliphatic rings. The Hall–Kier alpha value is -5.67.